The molecule has 0 aliphatic carbocycles. The number of para-hydroxylation sites is 2. The molecule has 0 atom stereocenters. The van der Waals surface area contributed by atoms with Crippen LogP contribution in [-0.2, 0) is 6.18 Å². The Bertz CT molecular complexity index is 1750. The lowest BCUT2D eigenvalue weighted by molar-refractivity contribution is -0.137. The van der Waals surface area contributed by atoms with Crippen molar-refractivity contribution in [3.63, 3.8) is 0 Å². The highest BCUT2D eigenvalue weighted by Gasteiger charge is 2.31. The fourth-order valence-electron chi connectivity index (χ4n) is 3.50. The Balaban J connectivity index is 0.000000248. The largest absolute Gasteiger partial charge is 0.478 e. The van der Waals surface area contributed by atoms with Crippen molar-refractivity contribution in [2.45, 2.75) is 6.18 Å². The monoisotopic (exact) mass is 682 g/mol. The molecule has 45 heavy (non-hydrogen) atoms. The van der Waals surface area contributed by atoms with Gasteiger partial charge in [-0.2, -0.15) is 13.2 Å². The Morgan fingerprint density at radius 1 is 0.556 bits per heavy atom. The van der Waals surface area contributed by atoms with Crippen LogP contribution in [0.2, 0.25) is 15.1 Å². The van der Waals surface area contributed by atoms with Gasteiger partial charge in [0, 0.05) is 5.02 Å². The van der Waals surface area contributed by atoms with Gasteiger partial charge in [0.2, 0.25) is 0 Å². The van der Waals surface area contributed by atoms with E-state index in [2.05, 4.69) is 21.3 Å². The van der Waals surface area contributed by atoms with Crippen molar-refractivity contribution in [2.75, 3.05) is 21.3 Å². The summed E-state index contributed by atoms with van der Waals surface area (Å²) in [5, 5.41) is 28.1. The number of halogens is 6. The number of anilines is 4. The van der Waals surface area contributed by atoms with Gasteiger partial charge in [-0.05, 0) is 60.7 Å². The van der Waals surface area contributed by atoms with Gasteiger partial charge < -0.3 is 31.5 Å². The van der Waals surface area contributed by atoms with E-state index >= 15 is 0 Å². The standard InChI is InChI=1S/C15H10ClF3N2O3.C14H10Cl2N2O3/c16-10-6-5-8(15(17,18)19)7-12(10)21-14(24)20-11-4-2-1-3-9(11)13(22)23;15-8-5-6-10(16)12(7-8)18-14(21)17-11-4-2-1-3-9(11)13(19)20/h1-7H,(H,22,23)(H2,20,21,24);1-7H,(H,19,20)(H2,17,18,21). The molecule has 4 aromatic rings. The van der Waals surface area contributed by atoms with E-state index in [1.165, 1.54) is 42.5 Å². The number of benzene rings is 4. The third kappa shape index (κ3) is 10.0. The molecule has 4 amide bonds. The van der Waals surface area contributed by atoms with Crippen molar-refractivity contribution in [1.82, 2.24) is 0 Å². The molecule has 16 heteroatoms. The smallest absolute Gasteiger partial charge is 0.416 e. The van der Waals surface area contributed by atoms with Crippen molar-refractivity contribution in [3.8, 4) is 0 Å². The van der Waals surface area contributed by atoms with E-state index in [-0.39, 0.29) is 33.2 Å². The third-order valence-electron chi connectivity index (χ3n) is 5.53. The van der Waals surface area contributed by atoms with Crippen LogP contribution in [0.1, 0.15) is 26.3 Å². The number of alkyl halides is 3. The van der Waals surface area contributed by atoms with Crippen LogP contribution in [0, 0.1) is 0 Å². The Labute approximate surface area is 267 Å². The molecule has 0 saturated carbocycles. The van der Waals surface area contributed by atoms with E-state index in [4.69, 9.17) is 45.0 Å². The lowest BCUT2D eigenvalue weighted by Crippen LogP contribution is -2.21. The molecule has 0 heterocycles. The van der Waals surface area contributed by atoms with Crippen LogP contribution in [-0.4, -0.2) is 34.2 Å². The van der Waals surface area contributed by atoms with Gasteiger partial charge in [0.1, 0.15) is 0 Å². The van der Waals surface area contributed by atoms with Crippen LogP contribution in [0.4, 0.5) is 45.5 Å². The number of carboxylic acid groups (broad SMARTS) is 2. The molecule has 6 N–H and O–H groups in total. The summed E-state index contributed by atoms with van der Waals surface area (Å²) in [7, 11) is 0. The number of aromatic carboxylic acids is 2. The van der Waals surface area contributed by atoms with Gasteiger partial charge in [0.15, 0.2) is 0 Å². The minimum absolute atomic E-state index is 0.00871. The maximum atomic E-state index is 12.7. The minimum Gasteiger partial charge on any atom is -0.478 e. The zero-order valence-electron chi connectivity index (χ0n) is 22.4. The first-order valence-electron chi connectivity index (χ1n) is 12.3. The Hall–Kier alpha value is -4.98. The second-order valence-corrected chi connectivity index (χ2v) is 9.93. The van der Waals surface area contributed by atoms with Gasteiger partial charge in [-0.1, -0.05) is 59.1 Å². The van der Waals surface area contributed by atoms with Gasteiger partial charge in [-0.15, -0.1) is 0 Å². The van der Waals surface area contributed by atoms with Crippen LogP contribution < -0.4 is 21.3 Å². The van der Waals surface area contributed by atoms with Crippen molar-refractivity contribution < 1.29 is 42.6 Å². The number of hydrogen-bond acceptors (Lipinski definition) is 4. The molecule has 0 bridgehead atoms. The number of rotatable bonds is 6. The molecule has 10 nitrogen and oxygen atoms in total. The summed E-state index contributed by atoms with van der Waals surface area (Å²) in [6.07, 6.45) is -4.59. The van der Waals surface area contributed by atoms with Crippen LogP contribution in [0.3, 0.4) is 0 Å². The Kier molecular flexibility index (Phi) is 11.6. The maximum absolute atomic E-state index is 12.7. The highest BCUT2D eigenvalue weighted by molar-refractivity contribution is 6.36. The number of hydrogen-bond donors (Lipinski definition) is 6. The van der Waals surface area contributed by atoms with E-state index in [9.17, 15) is 32.3 Å². The Morgan fingerprint density at radius 2 is 0.956 bits per heavy atom. The van der Waals surface area contributed by atoms with Crippen LogP contribution in [0.25, 0.3) is 0 Å². The molecule has 0 aliphatic heterocycles. The number of carboxylic acids is 2. The first kappa shape index (κ1) is 34.5. The fourth-order valence-corrected chi connectivity index (χ4v) is 4.00. The molecule has 234 valence electrons. The second-order valence-electron chi connectivity index (χ2n) is 8.68. The predicted molar refractivity (Wildman–Crippen MR) is 165 cm³/mol. The molecule has 0 saturated heterocycles. The average molecular weight is 684 g/mol. The fraction of sp³-hybridized carbons (Fsp3) is 0.0345. The molecular weight excluding hydrogens is 664 g/mol. The van der Waals surface area contributed by atoms with Gasteiger partial charge in [0.25, 0.3) is 0 Å². The van der Waals surface area contributed by atoms with E-state index in [1.54, 1.807) is 24.3 Å². The topological polar surface area (TPSA) is 157 Å². The summed E-state index contributed by atoms with van der Waals surface area (Å²) in [4.78, 5) is 45.9. The quantitative estimate of drug-likeness (QED) is 0.119. The third-order valence-corrected chi connectivity index (χ3v) is 6.42. The molecule has 4 rings (SSSR count). The van der Waals surface area contributed by atoms with Gasteiger partial charge in [-0.25, -0.2) is 19.2 Å². The summed E-state index contributed by atoms with van der Waals surface area (Å²) in [5.74, 6) is -2.39. The molecule has 4 aromatic carbocycles. The van der Waals surface area contributed by atoms with E-state index in [0.29, 0.717) is 21.8 Å². The molecule has 0 unspecified atom stereocenters. The van der Waals surface area contributed by atoms with Crippen molar-refractivity contribution >= 4 is 81.6 Å². The SMILES string of the molecule is O=C(Nc1cc(C(F)(F)F)ccc1Cl)Nc1ccccc1C(=O)O.O=C(Nc1cc(Cl)ccc1Cl)Nc1ccccc1C(=O)O. The molecular formula is C29H20Cl3F3N4O6. The van der Waals surface area contributed by atoms with E-state index in [0.717, 1.165) is 12.1 Å². The molecule has 0 aromatic heterocycles. The summed E-state index contributed by atoms with van der Waals surface area (Å²) in [5.41, 5.74) is -0.904. The molecule has 0 fully saturated rings. The highest BCUT2D eigenvalue weighted by Crippen LogP contribution is 2.34. The first-order valence-corrected chi connectivity index (χ1v) is 13.4. The van der Waals surface area contributed by atoms with Gasteiger partial charge >= 0.3 is 30.2 Å². The minimum atomic E-state index is -4.59. The van der Waals surface area contributed by atoms with Crippen molar-refractivity contribution in [1.29, 1.82) is 0 Å². The van der Waals surface area contributed by atoms with Crippen molar-refractivity contribution in [3.05, 3.63) is 117 Å². The van der Waals surface area contributed by atoms with Crippen LogP contribution >= 0.6 is 34.8 Å². The summed E-state index contributed by atoms with van der Waals surface area (Å²) in [6, 6.07) is 17.2. The van der Waals surface area contributed by atoms with E-state index < -0.39 is 35.7 Å². The number of urea groups is 2. The van der Waals surface area contributed by atoms with Crippen LogP contribution in [0.15, 0.2) is 84.9 Å². The number of carbonyl (C=O) groups is 4. The lowest BCUT2D eigenvalue weighted by atomic mass is 10.2. The summed E-state index contributed by atoms with van der Waals surface area (Å²) in [6.45, 7) is 0. The maximum Gasteiger partial charge on any atom is 0.416 e. The molecule has 0 spiro atoms. The lowest BCUT2D eigenvalue weighted by Gasteiger charge is -2.13. The molecule has 0 radical (unpaired) electrons. The highest BCUT2D eigenvalue weighted by atomic mass is 35.5. The number of amides is 4. The average Bonchev–Trinajstić information content (AvgIpc) is 2.96. The zero-order valence-corrected chi connectivity index (χ0v) is 24.6. The van der Waals surface area contributed by atoms with Gasteiger partial charge in [0.05, 0.1) is 49.5 Å². The second kappa shape index (κ2) is 15.1. The van der Waals surface area contributed by atoms with E-state index in [1.807, 2.05) is 0 Å². The summed E-state index contributed by atoms with van der Waals surface area (Å²) < 4.78 is 38.1. The number of nitrogens with one attached hydrogen (secondary N) is 4. The normalized spacial score (nSPS) is 10.5. The Morgan fingerprint density at radius 3 is 1.40 bits per heavy atom. The molecule has 0 aliphatic rings. The van der Waals surface area contributed by atoms with Crippen LogP contribution in [0.5, 0.6) is 0 Å². The van der Waals surface area contributed by atoms with Crippen molar-refractivity contribution in [2.24, 2.45) is 0 Å². The van der Waals surface area contributed by atoms with Gasteiger partial charge in [-0.3, -0.25) is 0 Å². The summed E-state index contributed by atoms with van der Waals surface area (Å²) >= 11 is 17.5. The zero-order chi connectivity index (χ0) is 33.3. The predicted octanol–water partition coefficient (Wildman–Crippen LogP) is 9.04. The first-order chi connectivity index (χ1) is 21.1. The number of carbonyl (C=O) groups excluding carboxylic acids is 2.